The summed E-state index contributed by atoms with van der Waals surface area (Å²) in [5.41, 5.74) is 1.23. The first-order valence-corrected chi connectivity index (χ1v) is 12.2. The minimum Gasteiger partial charge on any atom is -0.497 e. The molecule has 1 heterocycles. The number of carbonyl (C=O) groups is 1. The quantitative estimate of drug-likeness (QED) is 0.304. The lowest BCUT2D eigenvalue weighted by atomic mass is 10.2. The number of halogens is 1. The Morgan fingerprint density at radius 1 is 1.03 bits per heavy atom. The van der Waals surface area contributed by atoms with Gasteiger partial charge in [-0.25, -0.2) is 0 Å². The summed E-state index contributed by atoms with van der Waals surface area (Å²) in [4.78, 5) is 28.2. The molecule has 4 aromatic rings. The highest BCUT2D eigenvalue weighted by Crippen LogP contribution is 2.30. The molecule has 0 atom stereocenters. The Morgan fingerprint density at radius 2 is 1.74 bits per heavy atom. The van der Waals surface area contributed by atoms with Gasteiger partial charge in [0.2, 0.25) is 0 Å². The summed E-state index contributed by atoms with van der Waals surface area (Å²) in [5, 5.41) is 10.9. The topological polar surface area (TPSA) is 97.7 Å². The molecule has 3 aromatic carbocycles. The van der Waals surface area contributed by atoms with Gasteiger partial charge in [-0.3, -0.25) is 9.59 Å². The predicted molar refractivity (Wildman–Crippen MR) is 149 cm³/mol. The number of hydrogen-bond donors (Lipinski definition) is 2. The van der Waals surface area contributed by atoms with E-state index in [4.69, 9.17) is 21.1 Å². The zero-order valence-electron chi connectivity index (χ0n) is 21.3. The molecule has 38 heavy (non-hydrogen) atoms. The van der Waals surface area contributed by atoms with Crippen molar-refractivity contribution in [2.24, 2.45) is 0 Å². The molecule has 0 unspecified atom stereocenters. The fourth-order valence-corrected chi connectivity index (χ4v) is 3.67. The molecule has 10 heteroatoms. The van der Waals surface area contributed by atoms with E-state index in [1.807, 2.05) is 19.0 Å². The Labute approximate surface area is 225 Å². The highest BCUT2D eigenvalue weighted by molar-refractivity contribution is 6.30. The number of aromatic nitrogens is 2. The number of methoxy groups -OCH3 is 1. The van der Waals surface area contributed by atoms with Gasteiger partial charge in [-0.2, -0.15) is 9.78 Å². The van der Waals surface area contributed by atoms with Crippen LogP contribution in [-0.4, -0.2) is 54.9 Å². The van der Waals surface area contributed by atoms with Crippen LogP contribution in [0.25, 0.3) is 5.69 Å². The zero-order chi connectivity index (χ0) is 27.1. The number of hydrogen-bond acceptors (Lipinski definition) is 7. The second-order valence-electron chi connectivity index (χ2n) is 8.62. The number of anilines is 2. The summed E-state index contributed by atoms with van der Waals surface area (Å²) in [5.74, 6) is 1.17. The van der Waals surface area contributed by atoms with Gasteiger partial charge in [0, 0.05) is 29.4 Å². The summed E-state index contributed by atoms with van der Waals surface area (Å²) in [6.45, 7) is 1.23. The number of rotatable bonds is 10. The van der Waals surface area contributed by atoms with Crippen LogP contribution in [0.15, 0.2) is 83.8 Å². The lowest BCUT2D eigenvalue weighted by Gasteiger charge is -2.15. The van der Waals surface area contributed by atoms with Crippen LogP contribution in [0.4, 0.5) is 11.4 Å². The first kappa shape index (κ1) is 26.7. The van der Waals surface area contributed by atoms with Gasteiger partial charge in [0.1, 0.15) is 11.5 Å². The molecule has 0 saturated carbocycles. The fourth-order valence-electron chi connectivity index (χ4n) is 3.55. The van der Waals surface area contributed by atoms with Gasteiger partial charge in [0.15, 0.2) is 11.4 Å². The smallest absolute Gasteiger partial charge is 0.299 e. The van der Waals surface area contributed by atoms with Crippen LogP contribution in [0.5, 0.6) is 17.2 Å². The molecule has 0 aliphatic heterocycles. The third-order valence-electron chi connectivity index (χ3n) is 5.54. The van der Waals surface area contributed by atoms with E-state index in [2.05, 4.69) is 15.7 Å². The fraction of sp³-hybridized carbons (Fsp3) is 0.179. The lowest BCUT2D eigenvalue weighted by molar-refractivity contribution is 0.0951. The molecule has 0 spiro atoms. The molecule has 0 saturated heterocycles. The third kappa shape index (κ3) is 6.70. The average molecular weight is 534 g/mol. The first-order chi connectivity index (χ1) is 18.3. The van der Waals surface area contributed by atoms with Crippen molar-refractivity contribution in [3.8, 4) is 22.9 Å². The zero-order valence-corrected chi connectivity index (χ0v) is 22.0. The van der Waals surface area contributed by atoms with Gasteiger partial charge in [-0.15, -0.1) is 0 Å². The van der Waals surface area contributed by atoms with E-state index < -0.39 is 5.56 Å². The minimum absolute atomic E-state index is 0.149. The predicted octanol–water partition coefficient (Wildman–Crippen LogP) is 4.72. The number of amides is 1. The van der Waals surface area contributed by atoms with Crippen molar-refractivity contribution in [1.29, 1.82) is 0 Å². The maximum Gasteiger partial charge on any atom is 0.299 e. The molecule has 0 bridgehead atoms. The SMILES string of the molecule is COc1ccc(Oc2cnn(-c3ccc(Cl)cc3)c(=O)c2Nc2cccc(C(=O)NCCN(C)C)c2)cc1. The molecule has 0 fully saturated rings. The third-order valence-corrected chi connectivity index (χ3v) is 5.79. The Hall–Kier alpha value is -4.34. The number of carbonyl (C=O) groups excluding carboxylic acids is 1. The van der Waals surface area contributed by atoms with E-state index in [-0.39, 0.29) is 17.3 Å². The lowest BCUT2D eigenvalue weighted by Crippen LogP contribution is -2.31. The summed E-state index contributed by atoms with van der Waals surface area (Å²) >= 11 is 6.02. The van der Waals surface area contributed by atoms with Crippen molar-refractivity contribution in [2.45, 2.75) is 0 Å². The second kappa shape index (κ2) is 12.3. The maximum absolute atomic E-state index is 13.6. The van der Waals surface area contributed by atoms with Crippen LogP contribution in [0.3, 0.4) is 0 Å². The number of nitrogens with zero attached hydrogens (tertiary/aromatic N) is 3. The van der Waals surface area contributed by atoms with Crippen molar-refractivity contribution in [3.05, 3.63) is 99.9 Å². The van der Waals surface area contributed by atoms with Crippen molar-refractivity contribution in [1.82, 2.24) is 20.0 Å². The van der Waals surface area contributed by atoms with E-state index in [0.29, 0.717) is 40.0 Å². The van der Waals surface area contributed by atoms with Crippen LogP contribution in [0.1, 0.15) is 10.4 Å². The van der Waals surface area contributed by atoms with Gasteiger partial charge in [0.05, 0.1) is 19.0 Å². The van der Waals surface area contributed by atoms with Crippen molar-refractivity contribution in [3.63, 3.8) is 0 Å². The second-order valence-corrected chi connectivity index (χ2v) is 9.06. The highest BCUT2D eigenvalue weighted by Gasteiger charge is 2.16. The molecule has 9 nitrogen and oxygen atoms in total. The molecule has 2 N–H and O–H groups in total. The van der Waals surface area contributed by atoms with E-state index in [0.717, 1.165) is 6.54 Å². The minimum atomic E-state index is -0.445. The van der Waals surface area contributed by atoms with Gasteiger partial charge >= 0.3 is 0 Å². The van der Waals surface area contributed by atoms with Crippen molar-refractivity contribution in [2.75, 3.05) is 39.6 Å². The Kier molecular flexibility index (Phi) is 8.62. The molecular weight excluding hydrogens is 506 g/mol. The van der Waals surface area contributed by atoms with E-state index in [1.165, 1.54) is 10.9 Å². The van der Waals surface area contributed by atoms with Crippen LogP contribution in [0, 0.1) is 0 Å². The Balaban J connectivity index is 1.68. The molecule has 0 radical (unpaired) electrons. The molecular formula is C28H28ClN5O4. The van der Waals surface area contributed by atoms with Gasteiger partial charge < -0.3 is 25.0 Å². The van der Waals surface area contributed by atoms with E-state index in [1.54, 1.807) is 79.9 Å². The molecule has 1 amide bonds. The van der Waals surface area contributed by atoms with Crippen LogP contribution in [-0.2, 0) is 0 Å². The van der Waals surface area contributed by atoms with E-state index in [9.17, 15) is 9.59 Å². The van der Waals surface area contributed by atoms with Gasteiger partial charge in [0.25, 0.3) is 11.5 Å². The van der Waals surface area contributed by atoms with Crippen LogP contribution >= 0.6 is 11.6 Å². The molecule has 0 aliphatic carbocycles. The summed E-state index contributed by atoms with van der Waals surface area (Å²) in [6.07, 6.45) is 1.46. The maximum atomic E-state index is 13.6. The normalized spacial score (nSPS) is 10.8. The Morgan fingerprint density at radius 3 is 2.42 bits per heavy atom. The molecule has 0 aliphatic rings. The van der Waals surface area contributed by atoms with Gasteiger partial charge in [-0.1, -0.05) is 17.7 Å². The molecule has 4 rings (SSSR count). The summed E-state index contributed by atoms with van der Waals surface area (Å²) in [7, 11) is 5.45. The molecule has 196 valence electrons. The number of likely N-dealkylation sites (N-methyl/N-ethyl adjacent to an activating group) is 1. The summed E-state index contributed by atoms with van der Waals surface area (Å²) in [6, 6.07) is 20.6. The number of nitrogens with one attached hydrogen (secondary N) is 2. The molecule has 1 aromatic heterocycles. The monoisotopic (exact) mass is 533 g/mol. The van der Waals surface area contributed by atoms with Crippen molar-refractivity contribution >= 4 is 28.9 Å². The Bertz CT molecular complexity index is 1450. The van der Waals surface area contributed by atoms with Gasteiger partial charge in [-0.05, 0) is 80.8 Å². The van der Waals surface area contributed by atoms with Crippen LogP contribution < -0.4 is 25.7 Å². The van der Waals surface area contributed by atoms with Crippen LogP contribution in [0.2, 0.25) is 5.02 Å². The number of benzene rings is 3. The average Bonchev–Trinajstić information content (AvgIpc) is 2.92. The summed E-state index contributed by atoms with van der Waals surface area (Å²) < 4.78 is 12.5. The first-order valence-electron chi connectivity index (χ1n) is 11.8. The van der Waals surface area contributed by atoms with E-state index >= 15 is 0 Å². The highest BCUT2D eigenvalue weighted by atomic mass is 35.5. The number of ether oxygens (including phenoxy) is 2. The van der Waals surface area contributed by atoms with Crippen molar-refractivity contribution < 1.29 is 14.3 Å². The standard InChI is InChI=1S/C28H28ClN5O4/c1-33(2)16-15-30-27(35)19-5-4-6-21(17-19)32-26-25(38-24-13-11-23(37-3)12-14-24)18-31-34(28(26)36)22-9-7-20(29)8-10-22/h4-14,17-18,32H,15-16H2,1-3H3,(H,30,35). The largest absolute Gasteiger partial charge is 0.497 e.